The second-order valence-corrected chi connectivity index (χ2v) is 9.06. The van der Waals surface area contributed by atoms with Crippen molar-refractivity contribution < 1.29 is 27.5 Å². The van der Waals surface area contributed by atoms with E-state index in [1.807, 2.05) is 0 Å². The van der Waals surface area contributed by atoms with Crippen LogP contribution in [0, 0.1) is 0 Å². The number of carbonyl (C=O) groups is 2. The molecule has 4 aromatic rings. The molecule has 40 heavy (non-hydrogen) atoms. The van der Waals surface area contributed by atoms with Crippen molar-refractivity contribution in [1.82, 2.24) is 20.1 Å². The molecule has 0 atom stereocenters. The molecule has 0 fully saturated rings. The molecule has 206 valence electrons. The summed E-state index contributed by atoms with van der Waals surface area (Å²) in [5.74, 6) is -0.116. The van der Waals surface area contributed by atoms with Crippen LogP contribution in [-0.2, 0) is 19.1 Å². The van der Waals surface area contributed by atoms with Crippen LogP contribution in [0.5, 0.6) is 5.88 Å². The van der Waals surface area contributed by atoms with Crippen molar-refractivity contribution in [2.45, 2.75) is 19.1 Å². The SMILES string of the molecule is COc1cc(Nc2n[nH]c(-c3ccc(NC(=O)N4CCc5ccc(C(F)(F)F)cc5C4)cc3)c2C(N)=O)ccn1. The lowest BCUT2D eigenvalue weighted by Crippen LogP contribution is -2.39. The standard InChI is InChI=1S/C27H24F3N7O3/c1-40-21-13-20(8-10-32-21)33-25-22(24(31)38)23(35-36-25)16-3-6-19(7-4-16)34-26(39)37-11-9-15-2-5-18(27(28,29)30)12-17(15)14-37/h2-8,10,12-13H,9,11,14H2,1H3,(H2,31,38)(H,34,39)(H2,32,33,35,36). The Morgan fingerprint density at radius 2 is 1.82 bits per heavy atom. The maximum atomic E-state index is 13.1. The van der Waals surface area contributed by atoms with Gasteiger partial charge in [0.05, 0.1) is 18.4 Å². The van der Waals surface area contributed by atoms with Crippen LogP contribution in [0.2, 0.25) is 0 Å². The topological polar surface area (TPSA) is 138 Å². The molecule has 0 bridgehead atoms. The minimum absolute atomic E-state index is 0.0679. The van der Waals surface area contributed by atoms with Gasteiger partial charge in [-0.05, 0) is 47.9 Å². The molecule has 1 aliphatic rings. The van der Waals surface area contributed by atoms with Crippen molar-refractivity contribution >= 4 is 29.1 Å². The molecule has 0 saturated carbocycles. The number of methoxy groups -OCH3 is 1. The zero-order chi connectivity index (χ0) is 28.4. The molecule has 0 aliphatic carbocycles. The lowest BCUT2D eigenvalue weighted by Gasteiger charge is -2.29. The van der Waals surface area contributed by atoms with Crippen LogP contribution in [0.3, 0.4) is 0 Å². The molecule has 0 unspecified atom stereocenters. The molecule has 1 aliphatic heterocycles. The number of aromatic nitrogens is 3. The monoisotopic (exact) mass is 551 g/mol. The van der Waals surface area contributed by atoms with Crippen LogP contribution < -0.4 is 21.1 Å². The van der Waals surface area contributed by atoms with Crippen LogP contribution in [-0.4, -0.2) is 45.7 Å². The number of aromatic amines is 1. The molecule has 10 nitrogen and oxygen atoms in total. The summed E-state index contributed by atoms with van der Waals surface area (Å²) < 4.78 is 44.5. The van der Waals surface area contributed by atoms with E-state index in [0.717, 1.165) is 17.7 Å². The maximum absolute atomic E-state index is 13.1. The highest BCUT2D eigenvalue weighted by atomic mass is 19.4. The lowest BCUT2D eigenvalue weighted by atomic mass is 9.97. The van der Waals surface area contributed by atoms with E-state index in [1.54, 1.807) is 36.4 Å². The van der Waals surface area contributed by atoms with E-state index in [1.165, 1.54) is 24.3 Å². The Hall–Kier alpha value is -5.07. The highest BCUT2D eigenvalue weighted by Crippen LogP contribution is 2.33. The van der Waals surface area contributed by atoms with Crippen LogP contribution in [0.1, 0.15) is 27.0 Å². The number of carbonyl (C=O) groups excluding carboxylic acids is 2. The van der Waals surface area contributed by atoms with Crippen molar-refractivity contribution in [3.05, 3.63) is 83.0 Å². The smallest absolute Gasteiger partial charge is 0.416 e. The number of ether oxygens (including phenoxy) is 1. The van der Waals surface area contributed by atoms with E-state index >= 15 is 0 Å². The summed E-state index contributed by atoms with van der Waals surface area (Å²) in [5, 5.41) is 12.8. The summed E-state index contributed by atoms with van der Waals surface area (Å²) >= 11 is 0. The van der Waals surface area contributed by atoms with Crippen molar-refractivity contribution in [2.75, 3.05) is 24.3 Å². The first-order valence-corrected chi connectivity index (χ1v) is 12.1. The first kappa shape index (κ1) is 26.5. The van der Waals surface area contributed by atoms with Gasteiger partial charge in [0.15, 0.2) is 5.82 Å². The number of halogens is 3. The first-order chi connectivity index (χ1) is 19.1. The number of amides is 3. The average Bonchev–Trinajstić information content (AvgIpc) is 3.36. The third-order valence-electron chi connectivity index (χ3n) is 6.48. The summed E-state index contributed by atoms with van der Waals surface area (Å²) in [6.45, 7) is 0.440. The molecule has 0 radical (unpaired) electrons. The summed E-state index contributed by atoms with van der Waals surface area (Å²) in [7, 11) is 1.48. The quantitative estimate of drug-likeness (QED) is 0.268. The van der Waals surface area contributed by atoms with E-state index in [4.69, 9.17) is 10.5 Å². The Bertz CT molecular complexity index is 1570. The summed E-state index contributed by atoms with van der Waals surface area (Å²) in [5.41, 5.74) is 8.33. The predicted octanol–water partition coefficient (Wildman–Crippen LogP) is 4.93. The van der Waals surface area contributed by atoms with Gasteiger partial charge in [0.25, 0.3) is 5.91 Å². The van der Waals surface area contributed by atoms with Crippen molar-refractivity contribution in [3.63, 3.8) is 0 Å². The Labute approximate surface area is 226 Å². The number of benzene rings is 2. The molecule has 0 saturated heterocycles. The van der Waals surface area contributed by atoms with Crippen molar-refractivity contribution in [1.29, 1.82) is 0 Å². The third-order valence-corrected chi connectivity index (χ3v) is 6.48. The second kappa shape index (κ2) is 10.6. The van der Waals surface area contributed by atoms with Gasteiger partial charge in [-0.1, -0.05) is 18.2 Å². The second-order valence-electron chi connectivity index (χ2n) is 9.06. The number of rotatable bonds is 6. The number of hydrogen-bond acceptors (Lipinski definition) is 6. The summed E-state index contributed by atoms with van der Waals surface area (Å²) in [6.07, 6.45) is -2.46. The van der Waals surface area contributed by atoms with Crippen molar-refractivity contribution in [2.24, 2.45) is 5.73 Å². The van der Waals surface area contributed by atoms with Crippen LogP contribution in [0.25, 0.3) is 11.3 Å². The zero-order valence-electron chi connectivity index (χ0n) is 21.2. The van der Waals surface area contributed by atoms with Crippen LogP contribution in [0.15, 0.2) is 60.8 Å². The number of nitrogens with zero attached hydrogens (tertiary/aromatic N) is 3. The molecule has 3 amide bonds. The van der Waals surface area contributed by atoms with E-state index in [2.05, 4.69) is 25.8 Å². The molecule has 2 aromatic carbocycles. The Morgan fingerprint density at radius 1 is 1.05 bits per heavy atom. The number of anilines is 3. The van der Waals surface area contributed by atoms with Gasteiger partial charge in [-0.25, -0.2) is 9.78 Å². The molecule has 3 heterocycles. The number of primary amides is 1. The predicted molar refractivity (Wildman–Crippen MR) is 141 cm³/mol. The van der Waals surface area contributed by atoms with Crippen LogP contribution in [0.4, 0.5) is 35.2 Å². The number of hydrogen-bond donors (Lipinski definition) is 4. The van der Waals surface area contributed by atoms with E-state index in [0.29, 0.717) is 47.0 Å². The highest BCUT2D eigenvalue weighted by molar-refractivity contribution is 6.04. The first-order valence-electron chi connectivity index (χ1n) is 12.1. The molecule has 5 rings (SSSR count). The van der Waals surface area contributed by atoms with Crippen molar-refractivity contribution in [3.8, 4) is 17.1 Å². The molecule has 5 N–H and O–H groups in total. The largest absolute Gasteiger partial charge is 0.481 e. The van der Waals surface area contributed by atoms with Gasteiger partial charge in [0.2, 0.25) is 5.88 Å². The highest BCUT2D eigenvalue weighted by Gasteiger charge is 2.32. The molecular formula is C27H24F3N7O3. The minimum Gasteiger partial charge on any atom is -0.481 e. The van der Waals surface area contributed by atoms with Gasteiger partial charge < -0.3 is 26.0 Å². The lowest BCUT2D eigenvalue weighted by molar-refractivity contribution is -0.137. The number of alkyl halides is 3. The van der Waals surface area contributed by atoms with Gasteiger partial charge >= 0.3 is 12.2 Å². The number of fused-ring (bicyclic) bond motifs is 1. The van der Waals surface area contributed by atoms with E-state index in [-0.39, 0.29) is 17.9 Å². The number of nitrogens with two attached hydrogens (primary N) is 1. The van der Waals surface area contributed by atoms with Crippen LogP contribution >= 0.6 is 0 Å². The number of nitrogens with one attached hydrogen (secondary N) is 3. The van der Waals surface area contributed by atoms with Gasteiger partial charge in [0, 0.05) is 42.3 Å². The molecule has 13 heteroatoms. The van der Waals surface area contributed by atoms with Gasteiger partial charge in [-0.3, -0.25) is 9.89 Å². The fourth-order valence-corrected chi connectivity index (χ4v) is 4.45. The zero-order valence-corrected chi connectivity index (χ0v) is 21.2. The molecular weight excluding hydrogens is 527 g/mol. The fourth-order valence-electron chi connectivity index (χ4n) is 4.45. The Kier molecular flexibility index (Phi) is 7.03. The van der Waals surface area contributed by atoms with E-state index in [9.17, 15) is 22.8 Å². The summed E-state index contributed by atoms with van der Waals surface area (Å²) in [6, 6.07) is 13.1. The van der Waals surface area contributed by atoms with E-state index < -0.39 is 23.7 Å². The number of urea groups is 1. The number of H-pyrrole nitrogens is 1. The number of pyridine rings is 1. The minimum atomic E-state index is -4.45. The summed E-state index contributed by atoms with van der Waals surface area (Å²) in [4.78, 5) is 30.7. The fraction of sp³-hybridized carbons (Fsp3) is 0.185. The Morgan fingerprint density at radius 3 is 2.52 bits per heavy atom. The molecule has 0 spiro atoms. The normalized spacial score (nSPS) is 12.9. The third kappa shape index (κ3) is 5.53. The van der Waals surface area contributed by atoms with Gasteiger partial charge in [0.1, 0.15) is 5.56 Å². The molecule has 2 aromatic heterocycles. The van der Waals surface area contributed by atoms with Gasteiger partial charge in [-0.15, -0.1) is 0 Å². The van der Waals surface area contributed by atoms with Gasteiger partial charge in [-0.2, -0.15) is 18.3 Å². The Balaban J connectivity index is 1.29. The maximum Gasteiger partial charge on any atom is 0.416 e. The average molecular weight is 552 g/mol.